The molecule has 1 amide bonds. The van der Waals surface area contributed by atoms with E-state index in [9.17, 15) is 9.18 Å². The van der Waals surface area contributed by atoms with Crippen LogP contribution in [-0.2, 0) is 0 Å². The highest BCUT2D eigenvalue weighted by Gasteiger charge is 2.10. The second-order valence-corrected chi connectivity index (χ2v) is 4.26. The first-order chi connectivity index (χ1) is 8.97. The molecule has 0 fully saturated rings. The Kier molecular flexibility index (Phi) is 3.57. The van der Waals surface area contributed by atoms with Crippen LogP contribution in [0.4, 0.5) is 20.6 Å². The van der Waals surface area contributed by atoms with Crippen LogP contribution in [0.3, 0.4) is 0 Å². The summed E-state index contributed by atoms with van der Waals surface area (Å²) in [5.74, 6) is -0.350. The first-order valence-electron chi connectivity index (χ1n) is 5.32. The molecule has 0 aliphatic rings. The second kappa shape index (κ2) is 5.16. The van der Waals surface area contributed by atoms with E-state index in [2.05, 4.69) is 5.32 Å². The van der Waals surface area contributed by atoms with Crippen molar-refractivity contribution in [2.45, 2.75) is 0 Å². The summed E-state index contributed by atoms with van der Waals surface area (Å²) in [6.45, 7) is 0. The quantitative estimate of drug-likeness (QED) is 0.732. The van der Waals surface area contributed by atoms with Crippen LogP contribution >= 0.6 is 11.6 Å². The third-order valence-electron chi connectivity index (χ3n) is 2.54. The second-order valence-electron chi connectivity index (χ2n) is 3.86. The van der Waals surface area contributed by atoms with E-state index in [0.29, 0.717) is 16.1 Å². The third kappa shape index (κ3) is 2.95. The van der Waals surface area contributed by atoms with Gasteiger partial charge in [0.05, 0.1) is 16.4 Å². The van der Waals surface area contributed by atoms with Crippen molar-refractivity contribution in [3.05, 3.63) is 47.2 Å². The topological polar surface area (TPSA) is 75.3 Å². The van der Waals surface area contributed by atoms with Gasteiger partial charge in [-0.2, -0.15) is 0 Å². The lowest BCUT2D eigenvalue weighted by molar-refractivity contribution is 0.210. The Balaban J connectivity index is 2.45. The van der Waals surface area contributed by atoms with Crippen molar-refractivity contribution in [2.24, 2.45) is 0 Å². The van der Waals surface area contributed by atoms with Crippen molar-refractivity contribution >= 4 is 29.1 Å². The van der Waals surface area contributed by atoms with Crippen LogP contribution in [0.25, 0.3) is 11.1 Å². The number of hydrogen-bond acceptors (Lipinski definition) is 2. The van der Waals surface area contributed by atoms with Crippen LogP contribution in [0.5, 0.6) is 0 Å². The summed E-state index contributed by atoms with van der Waals surface area (Å²) < 4.78 is 12.9. The molecule has 4 nitrogen and oxygen atoms in total. The first kappa shape index (κ1) is 13.2. The average Bonchev–Trinajstić information content (AvgIpc) is 2.34. The molecule has 2 aromatic rings. The van der Waals surface area contributed by atoms with Gasteiger partial charge in [0.25, 0.3) is 0 Å². The fraction of sp³-hybridized carbons (Fsp3) is 0. The van der Waals surface area contributed by atoms with E-state index in [-0.39, 0.29) is 17.2 Å². The zero-order valence-electron chi connectivity index (χ0n) is 9.65. The van der Waals surface area contributed by atoms with Crippen LogP contribution in [0.15, 0.2) is 36.4 Å². The van der Waals surface area contributed by atoms with E-state index >= 15 is 0 Å². The molecule has 0 aliphatic carbocycles. The highest BCUT2D eigenvalue weighted by atomic mass is 35.5. The highest BCUT2D eigenvalue weighted by Crippen LogP contribution is 2.34. The van der Waals surface area contributed by atoms with E-state index in [1.165, 1.54) is 18.2 Å². The molecule has 0 bridgehead atoms. The molecule has 0 atom stereocenters. The summed E-state index contributed by atoms with van der Waals surface area (Å²) >= 11 is 6.08. The number of carboxylic acid groups (broad SMARTS) is 1. The lowest BCUT2D eigenvalue weighted by Crippen LogP contribution is -2.09. The van der Waals surface area contributed by atoms with Crippen LogP contribution in [0.1, 0.15) is 0 Å². The van der Waals surface area contributed by atoms with Gasteiger partial charge in [-0.05, 0) is 29.8 Å². The molecular weight excluding hydrogens is 271 g/mol. The van der Waals surface area contributed by atoms with Crippen molar-refractivity contribution in [3.63, 3.8) is 0 Å². The zero-order valence-corrected chi connectivity index (χ0v) is 10.4. The van der Waals surface area contributed by atoms with Gasteiger partial charge < -0.3 is 10.8 Å². The van der Waals surface area contributed by atoms with Gasteiger partial charge in [0.15, 0.2) is 0 Å². The summed E-state index contributed by atoms with van der Waals surface area (Å²) in [5, 5.41) is 11.1. The van der Waals surface area contributed by atoms with E-state index in [1.807, 2.05) is 0 Å². The SMILES string of the molecule is Nc1cc(-c2ccc(F)cc2)c(Cl)cc1NC(=O)O. The first-order valence-corrected chi connectivity index (χ1v) is 5.70. The maximum absolute atomic E-state index is 12.9. The number of amides is 1. The van der Waals surface area contributed by atoms with Gasteiger partial charge in [0, 0.05) is 5.56 Å². The predicted molar refractivity (Wildman–Crippen MR) is 72.9 cm³/mol. The average molecular weight is 281 g/mol. The Labute approximate surface area is 113 Å². The molecule has 0 aromatic heterocycles. The number of nitrogens with two attached hydrogens (primary N) is 1. The smallest absolute Gasteiger partial charge is 0.409 e. The lowest BCUT2D eigenvalue weighted by atomic mass is 10.0. The Morgan fingerprint density at radius 3 is 2.47 bits per heavy atom. The molecule has 0 unspecified atom stereocenters. The summed E-state index contributed by atoms with van der Waals surface area (Å²) in [6, 6.07) is 8.72. The Bertz CT molecular complexity index is 629. The monoisotopic (exact) mass is 280 g/mol. The molecule has 6 heteroatoms. The molecule has 0 spiro atoms. The summed E-state index contributed by atoms with van der Waals surface area (Å²) in [7, 11) is 0. The zero-order chi connectivity index (χ0) is 14.0. The van der Waals surface area contributed by atoms with Gasteiger partial charge in [0.2, 0.25) is 0 Å². The Hall–Kier alpha value is -2.27. The minimum Gasteiger partial charge on any atom is -0.465 e. The van der Waals surface area contributed by atoms with Crippen molar-refractivity contribution in [1.82, 2.24) is 0 Å². The van der Waals surface area contributed by atoms with Gasteiger partial charge >= 0.3 is 6.09 Å². The maximum atomic E-state index is 12.9. The molecule has 0 aliphatic heterocycles. The van der Waals surface area contributed by atoms with Gasteiger partial charge in [-0.1, -0.05) is 23.7 Å². The minimum atomic E-state index is -1.22. The summed E-state index contributed by atoms with van der Waals surface area (Å²) in [5.41, 5.74) is 7.50. The molecule has 0 saturated heterocycles. The third-order valence-corrected chi connectivity index (χ3v) is 2.85. The normalized spacial score (nSPS) is 10.2. The van der Waals surface area contributed by atoms with Crippen molar-refractivity contribution < 1.29 is 14.3 Å². The largest absolute Gasteiger partial charge is 0.465 e. The molecule has 4 N–H and O–H groups in total. The van der Waals surface area contributed by atoms with Gasteiger partial charge in [-0.15, -0.1) is 0 Å². The molecular formula is C13H10ClFN2O2. The molecule has 2 rings (SSSR count). The summed E-state index contributed by atoms with van der Waals surface area (Å²) in [6.07, 6.45) is -1.22. The van der Waals surface area contributed by atoms with Crippen molar-refractivity contribution in [1.29, 1.82) is 0 Å². The molecule has 0 radical (unpaired) electrons. The van der Waals surface area contributed by atoms with Gasteiger partial charge in [-0.3, -0.25) is 5.32 Å². The highest BCUT2D eigenvalue weighted by molar-refractivity contribution is 6.34. The number of nitrogens with one attached hydrogen (secondary N) is 1. The molecule has 2 aromatic carbocycles. The number of nitrogen functional groups attached to an aromatic ring is 1. The van der Waals surface area contributed by atoms with Crippen LogP contribution in [0.2, 0.25) is 5.02 Å². The standard InChI is InChI=1S/C13H10ClFN2O2/c14-10-6-12(17-13(18)19)11(16)5-9(10)7-1-3-8(15)4-2-7/h1-6,17H,16H2,(H,18,19). The molecule has 0 heterocycles. The van der Waals surface area contributed by atoms with Gasteiger partial charge in [0.1, 0.15) is 5.82 Å². The van der Waals surface area contributed by atoms with E-state index < -0.39 is 6.09 Å². The lowest BCUT2D eigenvalue weighted by Gasteiger charge is -2.10. The van der Waals surface area contributed by atoms with Crippen molar-refractivity contribution in [3.8, 4) is 11.1 Å². The number of halogens is 2. The van der Waals surface area contributed by atoms with Crippen LogP contribution < -0.4 is 11.1 Å². The number of hydrogen-bond donors (Lipinski definition) is 3. The van der Waals surface area contributed by atoms with Crippen LogP contribution in [-0.4, -0.2) is 11.2 Å². The molecule has 98 valence electrons. The van der Waals surface area contributed by atoms with E-state index in [1.54, 1.807) is 18.2 Å². The fourth-order valence-corrected chi connectivity index (χ4v) is 1.94. The number of anilines is 2. The molecule has 0 saturated carbocycles. The maximum Gasteiger partial charge on any atom is 0.409 e. The minimum absolute atomic E-state index is 0.211. The van der Waals surface area contributed by atoms with E-state index in [0.717, 1.165) is 0 Å². The Morgan fingerprint density at radius 2 is 1.89 bits per heavy atom. The number of rotatable bonds is 2. The summed E-state index contributed by atoms with van der Waals surface area (Å²) in [4.78, 5) is 10.6. The van der Waals surface area contributed by atoms with Crippen molar-refractivity contribution in [2.75, 3.05) is 11.1 Å². The van der Waals surface area contributed by atoms with Gasteiger partial charge in [-0.25, -0.2) is 9.18 Å². The van der Waals surface area contributed by atoms with E-state index in [4.69, 9.17) is 22.4 Å². The van der Waals surface area contributed by atoms with Crippen LogP contribution in [0, 0.1) is 5.82 Å². The predicted octanol–water partition coefficient (Wildman–Crippen LogP) is 3.82. The number of benzene rings is 2. The molecule has 19 heavy (non-hydrogen) atoms. The number of carbonyl (C=O) groups is 1. The fourth-order valence-electron chi connectivity index (χ4n) is 1.66. The Morgan fingerprint density at radius 1 is 1.26 bits per heavy atom.